The van der Waals surface area contributed by atoms with Gasteiger partial charge < -0.3 is 5.11 Å². The molecule has 0 aliphatic heterocycles. The highest BCUT2D eigenvalue weighted by atomic mass is 16.4. The van der Waals surface area contributed by atoms with Gasteiger partial charge in [-0.05, 0) is 6.92 Å². The Bertz CT molecular complexity index is 548. The second kappa shape index (κ2) is 16.2. The Labute approximate surface area is 132 Å². The van der Waals surface area contributed by atoms with Crippen molar-refractivity contribution in [2.75, 3.05) is 0 Å². The number of carboxylic acid groups (broad SMARTS) is 1. The van der Waals surface area contributed by atoms with Crippen LogP contribution in [0, 0.1) is 0 Å². The zero-order valence-corrected chi connectivity index (χ0v) is 12.7. The minimum atomic E-state index is -0.949. The Morgan fingerprint density at radius 1 is 0.545 bits per heavy atom. The highest BCUT2D eigenvalue weighted by Crippen LogP contribution is 1.86. The average Bonchev–Trinajstić information content (AvgIpc) is 2.50. The molecule has 2 heteroatoms. The molecule has 0 aliphatic carbocycles. The molecule has 0 radical (unpaired) electrons. The fourth-order valence-corrected chi connectivity index (χ4v) is 1.15. The Kier molecular flexibility index (Phi) is 14.1. The van der Waals surface area contributed by atoms with Crippen LogP contribution in [0.4, 0.5) is 0 Å². The number of carbonyl (C=O) groups is 1. The Balaban J connectivity index is 3.90. The maximum atomic E-state index is 10.2. The molecular weight excluding hydrogens is 272 g/mol. The summed E-state index contributed by atoms with van der Waals surface area (Å²) in [5.41, 5.74) is 0. The SMILES string of the molecule is CC=CC=CC=CC=CC=CC=CC=CC=CC=CC(=O)O. The number of rotatable bonds is 9. The summed E-state index contributed by atoms with van der Waals surface area (Å²) in [5, 5.41) is 8.37. The minimum Gasteiger partial charge on any atom is -0.478 e. The lowest BCUT2D eigenvalue weighted by molar-refractivity contribution is -0.131. The summed E-state index contributed by atoms with van der Waals surface area (Å²) in [5.74, 6) is -0.949. The second-order valence-corrected chi connectivity index (χ2v) is 3.92. The van der Waals surface area contributed by atoms with Gasteiger partial charge >= 0.3 is 5.97 Å². The molecule has 0 unspecified atom stereocenters. The first-order valence-corrected chi connectivity index (χ1v) is 6.96. The van der Waals surface area contributed by atoms with Crippen LogP contribution in [0.15, 0.2) is 109 Å². The molecule has 0 saturated heterocycles. The van der Waals surface area contributed by atoms with Gasteiger partial charge in [0.15, 0.2) is 0 Å². The molecule has 0 amide bonds. The fourth-order valence-electron chi connectivity index (χ4n) is 1.15. The van der Waals surface area contributed by atoms with Crippen molar-refractivity contribution in [3.05, 3.63) is 109 Å². The van der Waals surface area contributed by atoms with Gasteiger partial charge in [0.2, 0.25) is 0 Å². The van der Waals surface area contributed by atoms with Crippen LogP contribution < -0.4 is 0 Å². The third kappa shape index (κ3) is 17.1. The summed E-state index contributed by atoms with van der Waals surface area (Å²) >= 11 is 0. The molecule has 114 valence electrons. The van der Waals surface area contributed by atoms with Gasteiger partial charge in [-0.25, -0.2) is 4.79 Å². The van der Waals surface area contributed by atoms with Crippen LogP contribution in [0.3, 0.4) is 0 Å². The van der Waals surface area contributed by atoms with Gasteiger partial charge in [0, 0.05) is 6.08 Å². The fraction of sp³-hybridized carbons (Fsp3) is 0.0500. The molecule has 0 heterocycles. The van der Waals surface area contributed by atoms with Crippen molar-refractivity contribution in [3.63, 3.8) is 0 Å². The van der Waals surface area contributed by atoms with Crippen molar-refractivity contribution in [1.82, 2.24) is 0 Å². The molecule has 22 heavy (non-hydrogen) atoms. The average molecular weight is 294 g/mol. The maximum Gasteiger partial charge on any atom is 0.328 e. The lowest BCUT2D eigenvalue weighted by Gasteiger charge is -1.76. The summed E-state index contributed by atoms with van der Waals surface area (Å²) in [6.07, 6.45) is 33.1. The van der Waals surface area contributed by atoms with E-state index in [0.717, 1.165) is 6.08 Å². The lowest BCUT2D eigenvalue weighted by atomic mass is 10.3. The predicted molar refractivity (Wildman–Crippen MR) is 95.6 cm³/mol. The molecule has 0 aromatic carbocycles. The first-order valence-electron chi connectivity index (χ1n) is 6.96. The molecule has 0 fully saturated rings. The topological polar surface area (TPSA) is 37.3 Å². The van der Waals surface area contributed by atoms with E-state index in [2.05, 4.69) is 0 Å². The van der Waals surface area contributed by atoms with Gasteiger partial charge in [-0.1, -0.05) is 103 Å². The minimum absolute atomic E-state index is 0.949. The highest BCUT2D eigenvalue weighted by molar-refractivity contribution is 5.80. The molecule has 0 spiro atoms. The van der Waals surface area contributed by atoms with Crippen LogP contribution in [0.5, 0.6) is 0 Å². The van der Waals surface area contributed by atoms with E-state index in [1.807, 2.05) is 92.0 Å². The van der Waals surface area contributed by atoms with E-state index in [-0.39, 0.29) is 0 Å². The smallest absolute Gasteiger partial charge is 0.328 e. The molecule has 0 rings (SSSR count). The van der Waals surface area contributed by atoms with Crippen LogP contribution in [0.1, 0.15) is 6.92 Å². The van der Waals surface area contributed by atoms with Crippen LogP contribution in [-0.2, 0) is 4.79 Å². The Hall–Kier alpha value is -2.87. The summed E-state index contributed by atoms with van der Waals surface area (Å²) in [6.45, 7) is 1.98. The maximum absolute atomic E-state index is 10.2. The quantitative estimate of drug-likeness (QED) is 0.474. The third-order valence-electron chi connectivity index (χ3n) is 2.10. The largest absolute Gasteiger partial charge is 0.478 e. The van der Waals surface area contributed by atoms with Crippen LogP contribution in [0.2, 0.25) is 0 Å². The number of allylic oxidation sites excluding steroid dienone is 17. The zero-order chi connectivity index (χ0) is 16.3. The molecule has 0 atom stereocenters. The summed E-state index contributed by atoms with van der Waals surface area (Å²) in [6, 6.07) is 0. The van der Waals surface area contributed by atoms with Crippen molar-refractivity contribution in [3.8, 4) is 0 Å². The van der Waals surface area contributed by atoms with E-state index in [9.17, 15) is 4.79 Å². The standard InChI is InChI=1S/C20H22O2/c1-2-3-4-5-6-7-8-9-10-11-12-13-14-15-16-17-18-19-20(21)22/h2-19H,1H3,(H,21,22). The molecule has 0 aromatic heterocycles. The van der Waals surface area contributed by atoms with E-state index in [0.29, 0.717) is 0 Å². The van der Waals surface area contributed by atoms with Crippen LogP contribution in [0.25, 0.3) is 0 Å². The van der Waals surface area contributed by atoms with Gasteiger partial charge in [0.05, 0.1) is 0 Å². The third-order valence-corrected chi connectivity index (χ3v) is 2.10. The van der Waals surface area contributed by atoms with Gasteiger partial charge in [0.25, 0.3) is 0 Å². The molecule has 0 aromatic rings. The molecule has 0 saturated carbocycles. The first-order chi connectivity index (χ1) is 10.8. The second-order valence-electron chi connectivity index (χ2n) is 3.92. The zero-order valence-electron chi connectivity index (χ0n) is 12.7. The molecule has 0 bridgehead atoms. The van der Waals surface area contributed by atoms with Crippen LogP contribution in [-0.4, -0.2) is 11.1 Å². The van der Waals surface area contributed by atoms with E-state index in [4.69, 9.17) is 5.11 Å². The van der Waals surface area contributed by atoms with E-state index >= 15 is 0 Å². The highest BCUT2D eigenvalue weighted by Gasteiger charge is 1.78. The van der Waals surface area contributed by atoms with Crippen molar-refractivity contribution < 1.29 is 9.90 Å². The van der Waals surface area contributed by atoms with Gasteiger partial charge in [-0.2, -0.15) is 0 Å². The van der Waals surface area contributed by atoms with E-state index in [1.54, 1.807) is 12.2 Å². The Morgan fingerprint density at radius 2 is 0.818 bits per heavy atom. The van der Waals surface area contributed by atoms with Gasteiger partial charge in [-0.15, -0.1) is 0 Å². The monoisotopic (exact) mass is 294 g/mol. The number of aliphatic carboxylic acids is 1. The van der Waals surface area contributed by atoms with Crippen molar-refractivity contribution >= 4 is 5.97 Å². The molecule has 2 nitrogen and oxygen atoms in total. The number of hydrogen-bond acceptors (Lipinski definition) is 1. The first kappa shape index (κ1) is 19.1. The normalized spacial score (nSPS) is 14.2. The number of carboxylic acids is 1. The van der Waals surface area contributed by atoms with Gasteiger partial charge in [-0.3, -0.25) is 0 Å². The Morgan fingerprint density at radius 3 is 1.09 bits per heavy atom. The van der Waals surface area contributed by atoms with Gasteiger partial charge in [0.1, 0.15) is 0 Å². The van der Waals surface area contributed by atoms with Crippen LogP contribution >= 0.6 is 0 Å². The summed E-state index contributed by atoms with van der Waals surface area (Å²) in [4.78, 5) is 10.2. The van der Waals surface area contributed by atoms with Crippen molar-refractivity contribution in [1.29, 1.82) is 0 Å². The van der Waals surface area contributed by atoms with E-state index in [1.165, 1.54) is 6.08 Å². The van der Waals surface area contributed by atoms with Crippen molar-refractivity contribution in [2.24, 2.45) is 0 Å². The number of hydrogen-bond donors (Lipinski definition) is 1. The van der Waals surface area contributed by atoms with E-state index < -0.39 is 5.97 Å². The molecule has 0 aliphatic rings. The molecule has 1 N–H and O–H groups in total. The summed E-state index contributed by atoms with van der Waals surface area (Å²) in [7, 11) is 0. The van der Waals surface area contributed by atoms with Crippen molar-refractivity contribution in [2.45, 2.75) is 6.92 Å². The molecular formula is C20H22O2. The predicted octanol–water partition coefficient (Wildman–Crippen LogP) is 5.10. The lowest BCUT2D eigenvalue weighted by Crippen LogP contribution is -1.84. The summed E-state index contributed by atoms with van der Waals surface area (Å²) < 4.78 is 0.